The Bertz CT molecular complexity index is 882. The van der Waals surface area contributed by atoms with E-state index in [1.807, 2.05) is 24.3 Å². The largest absolute Gasteiger partial charge is 0.460 e. The molecule has 0 saturated carbocycles. The molecule has 0 bridgehead atoms. The molecule has 2 atom stereocenters. The first-order valence-corrected chi connectivity index (χ1v) is 12.7. The highest BCUT2D eigenvalue weighted by atomic mass is 18.2. The summed E-state index contributed by atoms with van der Waals surface area (Å²) >= 11 is 0. The molecule has 1 amide bonds. The fourth-order valence-corrected chi connectivity index (χ4v) is 3.31. The van der Waals surface area contributed by atoms with E-state index in [0.29, 0.717) is 13.0 Å². The first-order valence-electron chi connectivity index (χ1n) is 12.7. The van der Waals surface area contributed by atoms with E-state index in [-0.39, 0.29) is 12.8 Å². The van der Waals surface area contributed by atoms with Gasteiger partial charge in [-0.3, -0.25) is 9.18 Å². The van der Waals surface area contributed by atoms with Gasteiger partial charge in [0, 0.05) is 12.2 Å². The van der Waals surface area contributed by atoms with Gasteiger partial charge in [-0.05, 0) is 99.3 Å². The normalized spacial score (nSPS) is 13.8. The van der Waals surface area contributed by atoms with Gasteiger partial charge < -0.3 is 24.8 Å². The number of carbonyl (C=O) groups excluding carboxylic acids is 3. The van der Waals surface area contributed by atoms with Gasteiger partial charge in [-0.15, -0.1) is 0 Å². The predicted octanol–water partition coefficient (Wildman–Crippen LogP) is 5.58. The van der Waals surface area contributed by atoms with E-state index in [1.54, 1.807) is 62.3 Å². The Labute approximate surface area is 221 Å². The van der Waals surface area contributed by atoms with Gasteiger partial charge in [0.15, 0.2) is 0 Å². The fourth-order valence-electron chi connectivity index (χ4n) is 3.31. The zero-order chi connectivity index (χ0) is 28.4. The van der Waals surface area contributed by atoms with Gasteiger partial charge in [-0.1, -0.05) is 12.1 Å². The number of esters is 2. The van der Waals surface area contributed by atoms with Gasteiger partial charge >= 0.3 is 18.0 Å². The molecule has 0 radical (unpaired) electrons. The molecule has 0 aromatic heterocycles. The number of alkyl halides is 1. The number of amides is 1. The number of alkyl carbamates (subject to hydrolysis) is 1. The lowest BCUT2D eigenvalue weighted by Crippen LogP contribution is -2.48. The van der Waals surface area contributed by atoms with Crippen molar-refractivity contribution < 1.29 is 33.0 Å². The fraction of sp³-hybridized carbons (Fsp3) is 0.679. The smallest absolute Gasteiger partial charge is 0.408 e. The zero-order valence-electron chi connectivity index (χ0n) is 23.8. The maximum Gasteiger partial charge on any atom is 0.408 e. The Kier molecular flexibility index (Phi) is 11.9. The highest BCUT2D eigenvalue weighted by Crippen LogP contribution is 2.23. The number of benzene rings is 1. The molecule has 0 fully saturated rings. The standard InChI is InChI=1S/C28H45FN2O6/c1-26(2,3)35-23(32)20(17-19-11-13-21(14-12-19)30-16-10-15-29)18-22(24(33)36-27(4,5)6)31-25(34)37-28(7,8)9/h11-14,20,22,30H,10,15-18H2,1-9H3,(H,31,34)/t20?,22-/m0/s1/i29-1. The third-order valence-corrected chi connectivity index (χ3v) is 4.72. The van der Waals surface area contributed by atoms with Crippen LogP contribution in [-0.4, -0.2) is 54.1 Å². The lowest BCUT2D eigenvalue weighted by atomic mass is 9.92. The van der Waals surface area contributed by atoms with Crippen molar-refractivity contribution in [3.63, 3.8) is 0 Å². The topological polar surface area (TPSA) is 103 Å². The highest BCUT2D eigenvalue weighted by molar-refractivity contribution is 5.83. The van der Waals surface area contributed by atoms with E-state index in [9.17, 15) is 18.8 Å². The molecule has 0 spiro atoms. The summed E-state index contributed by atoms with van der Waals surface area (Å²) in [6.07, 6.45) is -0.136. The van der Waals surface area contributed by atoms with Crippen LogP contribution in [0.5, 0.6) is 0 Å². The summed E-state index contributed by atoms with van der Waals surface area (Å²) in [7, 11) is 0. The average Bonchev–Trinajstić information content (AvgIpc) is 2.70. The van der Waals surface area contributed by atoms with Crippen LogP contribution in [0.1, 0.15) is 80.7 Å². The summed E-state index contributed by atoms with van der Waals surface area (Å²) in [5, 5.41) is 5.72. The molecule has 0 saturated heterocycles. The van der Waals surface area contributed by atoms with E-state index in [4.69, 9.17) is 14.2 Å². The van der Waals surface area contributed by atoms with Crippen molar-refractivity contribution in [2.75, 3.05) is 18.5 Å². The minimum Gasteiger partial charge on any atom is -0.460 e. The quantitative estimate of drug-likeness (QED) is 0.222. The summed E-state index contributed by atoms with van der Waals surface area (Å²) in [5.41, 5.74) is -0.624. The van der Waals surface area contributed by atoms with E-state index < -0.39 is 53.5 Å². The maximum atomic E-state index is 13.2. The number of carbonyl (C=O) groups is 3. The van der Waals surface area contributed by atoms with Crippen LogP contribution in [0.25, 0.3) is 0 Å². The van der Waals surface area contributed by atoms with Crippen LogP contribution in [0.3, 0.4) is 0 Å². The van der Waals surface area contributed by atoms with Crippen LogP contribution in [0.2, 0.25) is 0 Å². The number of nitrogens with one attached hydrogen (secondary N) is 2. The Hall–Kier alpha value is -2.84. The molecule has 210 valence electrons. The molecule has 9 heteroatoms. The van der Waals surface area contributed by atoms with Crippen molar-refractivity contribution in [1.29, 1.82) is 0 Å². The minimum absolute atomic E-state index is 0.0421. The van der Waals surface area contributed by atoms with Gasteiger partial charge in [-0.25, -0.2) is 9.59 Å². The molecule has 0 aliphatic rings. The number of anilines is 1. The van der Waals surface area contributed by atoms with Crippen LogP contribution in [0, 0.1) is 5.92 Å². The van der Waals surface area contributed by atoms with Crippen LogP contribution in [0.4, 0.5) is 14.9 Å². The van der Waals surface area contributed by atoms with E-state index in [0.717, 1.165) is 11.3 Å². The number of hydrogen-bond acceptors (Lipinski definition) is 7. The number of hydrogen-bond donors (Lipinski definition) is 2. The molecule has 0 heterocycles. The van der Waals surface area contributed by atoms with Crippen LogP contribution in [0.15, 0.2) is 24.3 Å². The number of ether oxygens (including phenoxy) is 3. The molecular weight excluding hydrogens is 478 g/mol. The van der Waals surface area contributed by atoms with Gasteiger partial charge in [0.05, 0.1) is 12.6 Å². The Morgan fingerprint density at radius 3 is 1.81 bits per heavy atom. The molecular formula is C28H45FN2O6. The second-order valence-electron chi connectivity index (χ2n) is 12.1. The molecule has 1 rings (SSSR count). The second-order valence-corrected chi connectivity index (χ2v) is 12.1. The molecule has 37 heavy (non-hydrogen) atoms. The summed E-state index contributed by atoms with van der Waals surface area (Å²) in [6.45, 7) is 15.8. The second kappa shape index (κ2) is 13.6. The van der Waals surface area contributed by atoms with E-state index in [2.05, 4.69) is 10.6 Å². The zero-order valence-corrected chi connectivity index (χ0v) is 23.8. The molecule has 1 aromatic carbocycles. The predicted molar refractivity (Wildman–Crippen MR) is 142 cm³/mol. The third-order valence-electron chi connectivity index (χ3n) is 4.72. The summed E-state index contributed by atoms with van der Waals surface area (Å²) in [5.74, 6) is -1.91. The van der Waals surface area contributed by atoms with Crippen molar-refractivity contribution in [2.45, 2.75) is 104 Å². The Morgan fingerprint density at radius 1 is 0.811 bits per heavy atom. The monoisotopic (exact) mass is 523 g/mol. The molecule has 0 aliphatic carbocycles. The van der Waals surface area contributed by atoms with Crippen LogP contribution < -0.4 is 10.6 Å². The van der Waals surface area contributed by atoms with Crippen molar-refractivity contribution >= 4 is 23.7 Å². The van der Waals surface area contributed by atoms with E-state index >= 15 is 0 Å². The number of rotatable bonds is 11. The number of halogens is 1. The molecule has 2 N–H and O–H groups in total. The first-order chi connectivity index (χ1) is 16.9. The molecule has 1 aromatic rings. The average molecular weight is 524 g/mol. The first kappa shape index (κ1) is 32.2. The van der Waals surface area contributed by atoms with Gasteiger partial charge in [-0.2, -0.15) is 0 Å². The van der Waals surface area contributed by atoms with Gasteiger partial charge in [0.1, 0.15) is 22.8 Å². The van der Waals surface area contributed by atoms with Crippen LogP contribution >= 0.6 is 0 Å². The highest BCUT2D eigenvalue weighted by Gasteiger charge is 2.35. The lowest BCUT2D eigenvalue weighted by molar-refractivity contribution is -0.162. The minimum atomic E-state index is -1.13. The van der Waals surface area contributed by atoms with Crippen molar-refractivity contribution in [1.82, 2.24) is 5.32 Å². The molecule has 1 unspecified atom stereocenters. The Balaban J connectivity index is 3.19. The summed E-state index contributed by atoms with van der Waals surface area (Å²) in [4.78, 5) is 38.8. The summed E-state index contributed by atoms with van der Waals surface area (Å²) in [6, 6.07) is 6.29. The SMILES string of the molecule is CC(C)(C)OC(=O)N[C@@H](CC(Cc1ccc(NCCC[18F])cc1)C(=O)OC(C)(C)C)C(=O)OC(C)(C)C. The van der Waals surface area contributed by atoms with Crippen molar-refractivity contribution in [3.8, 4) is 0 Å². The van der Waals surface area contributed by atoms with Gasteiger partial charge in [0.2, 0.25) is 0 Å². The third kappa shape index (κ3) is 14.5. The van der Waals surface area contributed by atoms with Gasteiger partial charge in [0.25, 0.3) is 0 Å². The van der Waals surface area contributed by atoms with Crippen LogP contribution in [-0.2, 0) is 30.2 Å². The Morgan fingerprint density at radius 2 is 1.32 bits per heavy atom. The summed E-state index contributed by atoms with van der Waals surface area (Å²) < 4.78 is 28.9. The van der Waals surface area contributed by atoms with E-state index in [1.165, 1.54) is 0 Å². The van der Waals surface area contributed by atoms with Crippen molar-refractivity contribution in [3.05, 3.63) is 29.8 Å². The lowest BCUT2D eigenvalue weighted by Gasteiger charge is -2.29. The molecule has 8 nitrogen and oxygen atoms in total. The maximum absolute atomic E-state index is 13.2. The van der Waals surface area contributed by atoms with Crippen molar-refractivity contribution in [2.24, 2.45) is 5.92 Å². The molecule has 0 aliphatic heterocycles.